The van der Waals surface area contributed by atoms with Gasteiger partial charge in [0.2, 0.25) is 5.91 Å². The van der Waals surface area contributed by atoms with E-state index < -0.39 is 5.41 Å². The minimum atomic E-state index is -0.433. The predicted molar refractivity (Wildman–Crippen MR) is 49.7 cm³/mol. The number of ether oxygens (including phenoxy) is 2. The lowest BCUT2D eigenvalue weighted by Gasteiger charge is -2.43. The predicted octanol–water partition coefficient (Wildman–Crippen LogP) is -1.18. The zero-order chi connectivity index (χ0) is 10.0. The Kier molecular flexibility index (Phi) is 2.71. The third-order valence-electron chi connectivity index (χ3n) is 2.90. The standard InChI is InChI=1S/C9H16N2O3/c10-5-9(6-14-7-9)8(12)11-1-3-13-4-2-11/h1-7,10H2. The lowest BCUT2D eigenvalue weighted by molar-refractivity contribution is -0.173. The van der Waals surface area contributed by atoms with Crippen molar-refractivity contribution in [2.75, 3.05) is 46.1 Å². The number of carbonyl (C=O) groups excluding carboxylic acids is 1. The van der Waals surface area contributed by atoms with E-state index in [0.29, 0.717) is 46.1 Å². The highest BCUT2D eigenvalue weighted by molar-refractivity contribution is 5.84. The van der Waals surface area contributed by atoms with Crippen molar-refractivity contribution in [3.05, 3.63) is 0 Å². The van der Waals surface area contributed by atoms with Crippen molar-refractivity contribution in [1.82, 2.24) is 4.90 Å². The number of nitrogens with two attached hydrogens (primary N) is 1. The van der Waals surface area contributed by atoms with E-state index in [0.717, 1.165) is 0 Å². The van der Waals surface area contributed by atoms with Crippen LogP contribution in [0.15, 0.2) is 0 Å². The van der Waals surface area contributed by atoms with Crippen LogP contribution < -0.4 is 5.73 Å². The molecule has 2 rings (SSSR count). The average Bonchev–Trinajstić information content (AvgIpc) is 2.18. The summed E-state index contributed by atoms with van der Waals surface area (Å²) in [6.07, 6.45) is 0. The minimum absolute atomic E-state index is 0.134. The molecule has 0 unspecified atom stereocenters. The van der Waals surface area contributed by atoms with Gasteiger partial charge in [-0.3, -0.25) is 4.79 Å². The van der Waals surface area contributed by atoms with Gasteiger partial charge in [0, 0.05) is 19.6 Å². The first-order valence-electron chi connectivity index (χ1n) is 4.93. The molecule has 0 aliphatic carbocycles. The molecule has 0 aromatic heterocycles. The highest BCUT2D eigenvalue weighted by Crippen LogP contribution is 2.28. The van der Waals surface area contributed by atoms with Gasteiger partial charge in [-0.1, -0.05) is 0 Å². The number of carbonyl (C=O) groups is 1. The smallest absolute Gasteiger partial charge is 0.234 e. The van der Waals surface area contributed by atoms with Crippen LogP contribution in [-0.2, 0) is 14.3 Å². The van der Waals surface area contributed by atoms with Gasteiger partial charge in [0.05, 0.1) is 26.4 Å². The molecule has 0 saturated carbocycles. The summed E-state index contributed by atoms with van der Waals surface area (Å²) < 4.78 is 10.3. The van der Waals surface area contributed by atoms with E-state index in [-0.39, 0.29) is 5.91 Å². The molecule has 0 bridgehead atoms. The van der Waals surface area contributed by atoms with Gasteiger partial charge in [-0.2, -0.15) is 0 Å². The zero-order valence-electron chi connectivity index (χ0n) is 8.20. The van der Waals surface area contributed by atoms with Crippen molar-refractivity contribution < 1.29 is 14.3 Å². The first-order valence-corrected chi connectivity index (χ1v) is 4.93. The summed E-state index contributed by atoms with van der Waals surface area (Å²) in [7, 11) is 0. The van der Waals surface area contributed by atoms with Gasteiger partial charge in [-0.15, -0.1) is 0 Å². The van der Waals surface area contributed by atoms with Gasteiger partial charge in [0.1, 0.15) is 5.41 Å². The van der Waals surface area contributed by atoms with Crippen LogP contribution in [0.3, 0.4) is 0 Å². The molecule has 0 aromatic carbocycles. The van der Waals surface area contributed by atoms with Crippen molar-refractivity contribution in [2.24, 2.45) is 11.1 Å². The fourth-order valence-electron chi connectivity index (χ4n) is 1.78. The maximum Gasteiger partial charge on any atom is 0.234 e. The Hall–Kier alpha value is -0.650. The van der Waals surface area contributed by atoms with Gasteiger partial charge in [-0.05, 0) is 0 Å². The molecule has 2 N–H and O–H groups in total. The minimum Gasteiger partial charge on any atom is -0.379 e. The number of hydrogen-bond acceptors (Lipinski definition) is 4. The van der Waals surface area contributed by atoms with E-state index in [4.69, 9.17) is 15.2 Å². The summed E-state index contributed by atoms with van der Waals surface area (Å²) in [5.74, 6) is 0.134. The molecule has 2 aliphatic heterocycles. The maximum atomic E-state index is 12.0. The van der Waals surface area contributed by atoms with Crippen LogP contribution >= 0.6 is 0 Å². The Balaban J connectivity index is 1.98. The lowest BCUT2D eigenvalue weighted by atomic mass is 9.84. The SMILES string of the molecule is NCC1(C(=O)N2CCOCC2)COC1. The molecule has 0 aromatic rings. The normalized spacial score (nSPS) is 25.6. The Morgan fingerprint density at radius 1 is 1.29 bits per heavy atom. The number of morpholine rings is 1. The molecule has 80 valence electrons. The van der Waals surface area contributed by atoms with Gasteiger partial charge in [-0.25, -0.2) is 0 Å². The van der Waals surface area contributed by atoms with E-state index in [9.17, 15) is 4.79 Å². The monoisotopic (exact) mass is 200 g/mol. The molecule has 14 heavy (non-hydrogen) atoms. The third kappa shape index (κ3) is 1.51. The summed E-state index contributed by atoms with van der Waals surface area (Å²) in [6, 6.07) is 0. The van der Waals surface area contributed by atoms with Gasteiger partial charge in [0.25, 0.3) is 0 Å². The lowest BCUT2D eigenvalue weighted by Crippen LogP contribution is -2.60. The average molecular weight is 200 g/mol. The van der Waals surface area contributed by atoms with Crippen molar-refractivity contribution in [3.63, 3.8) is 0 Å². The highest BCUT2D eigenvalue weighted by Gasteiger charge is 2.47. The van der Waals surface area contributed by atoms with Crippen LogP contribution in [0.25, 0.3) is 0 Å². The zero-order valence-corrected chi connectivity index (χ0v) is 8.20. The molecule has 5 heteroatoms. The summed E-state index contributed by atoms with van der Waals surface area (Å²) >= 11 is 0. The summed E-state index contributed by atoms with van der Waals surface area (Å²) in [5, 5.41) is 0. The molecule has 2 heterocycles. The van der Waals surface area contributed by atoms with Gasteiger partial charge in [0.15, 0.2) is 0 Å². The summed E-state index contributed by atoms with van der Waals surface area (Å²) in [6.45, 7) is 3.95. The summed E-state index contributed by atoms with van der Waals surface area (Å²) in [4.78, 5) is 13.9. The quantitative estimate of drug-likeness (QED) is 0.609. The third-order valence-corrected chi connectivity index (χ3v) is 2.90. The van der Waals surface area contributed by atoms with Crippen LogP contribution in [0, 0.1) is 5.41 Å². The first kappa shape index (κ1) is 9.89. The highest BCUT2D eigenvalue weighted by atomic mass is 16.5. The molecule has 1 amide bonds. The maximum absolute atomic E-state index is 12.0. The van der Waals surface area contributed by atoms with Crippen LogP contribution in [0.2, 0.25) is 0 Å². The van der Waals surface area contributed by atoms with Crippen molar-refractivity contribution in [3.8, 4) is 0 Å². The van der Waals surface area contributed by atoms with E-state index in [1.165, 1.54) is 0 Å². The Morgan fingerprint density at radius 2 is 1.93 bits per heavy atom. The topological polar surface area (TPSA) is 64.8 Å². The molecular formula is C9H16N2O3. The van der Waals surface area contributed by atoms with E-state index in [2.05, 4.69) is 0 Å². The Morgan fingerprint density at radius 3 is 2.36 bits per heavy atom. The van der Waals surface area contributed by atoms with Crippen molar-refractivity contribution >= 4 is 5.91 Å². The van der Waals surface area contributed by atoms with E-state index in [1.807, 2.05) is 4.90 Å². The van der Waals surface area contributed by atoms with Crippen molar-refractivity contribution in [1.29, 1.82) is 0 Å². The van der Waals surface area contributed by atoms with Gasteiger partial charge < -0.3 is 20.1 Å². The second-order valence-corrected chi connectivity index (χ2v) is 3.88. The van der Waals surface area contributed by atoms with Crippen molar-refractivity contribution in [2.45, 2.75) is 0 Å². The van der Waals surface area contributed by atoms with E-state index in [1.54, 1.807) is 0 Å². The molecule has 0 spiro atoms. The van der Waals surface area contributed by atoms with Crippen LogP contribution in [-0.4, -0.2) is 56.9 Å². The fraction of sp³-hybridized carbons (Fsp3) is 0.889. The number of hydrogen-bond donors (Lipinski definition) is 1. The Labute approximate surface area is 83.1 Å². The largest absolute Gasteiger partial charge is 0.379 e. The summed E-state index contributed by atoms with van der Waals surface area (Å²) in [5.41, 5.74) is 5.18. The molecular weight excluding hydrogens is 184 g/mol. The molecule has 2 fully saturated rings. The van der Waals surface area contributed by atoms with Crippen LogP contribution in [0.5, 0.6) is 0 Å². The number of amides is 1. The molecule has 2 saturated heterocycles. The second kappa shape index (κ2) is 3.84. The molecule has 0 atom stereocenters. The van der Waals surface area contributed by atoms with Crippen LogP contribution in [0.4, 0.5) is 0 Å². The van der Waals surface area contributed by atoms with Crippen LogP contribution in [0.1, 0.15) is 0 Å². The first-order chi connectivity index (χ1) is 6.78. The van der Waals surface area contributed by atoms with E-state index >= 15 is 0 Å². The molecule has 5 nitrogen and oxygen atoms in total. The number of nitrogens with zero attached hydrogens (tertiary/aromatic N) is 1. The Bertz CT molecular complexity index is 217. The fourth-order valence-corrected chi connectivity index (χ4v) is 1.78. The van der Waals surface area contributed by atoms with Gasteiger partial charge >= 0.3 is 0 Å². The molecule has 2 aliphatic rings. The second-order valence-electron chi connectivity index (χ2n) is 3.88. The molecule has 0 radical (unpaired) electrons. The number of rotatable bonds is 2.